The maximum atomic E-state index is 14.3. The van der Waals surface area contributed by atoms with Crippen LogP contribution in [0.1, 0.15) is 5.56 Å². The van der Waals surface area contributed by atoms with Crippen LogP contribution >= 0.6 is 15.9 Å². The van der Waals surface area contributed by atoms with Crippen molar-refractivity contribution in [3.8, 4) is 17.1 Å². The number of halogens is 3. The molecule has 0 spiro atoms. The smallest absolute Gasteiger partial charge is 0.410 e. The van der Waals surface area contributed by atoms with Crippen LogP contribution < -0.4 is 5.32 Å². The molecule has 2 aromatic heterocycles. The van der Waals surface area contributed by atoms with Gasteiger partial charge in [-0.25, -0.2) is 18.6 Å². The van der Waals surface area contributed by atoms with E-state index in [2.05, 4.69) is 41.8 Å². The van der Waals surface area contributed by atoms with E-state index in [1.54, 1.807) is 0 Å². The highest BCUT2D eigenvalue weighted by atomic mass is 79.9. The van der Waals surface area contributed by atoms with Crippen molar-refractivity contribution in [2.75, 3.05) is 5.32 Å². The molecule has 3 rings (SSSR count). The van der Waals surface area contributed by atoms with E-state index in [1.165, 1.54) is 31.3 Å². The maximum Gasteiger partial charge on any atom is 0.410 e. The minimum absolute atomic E-state index is 0.0142. The summed E-state index contributed by atoms with van der Waals surface area (Å²) in [6, 6.07) is 4.21. The fraction of sp³-hybridized carbons (Fsp3) is 0.0714. The summed E-state index contributed by atoms with van der Waals surface area (Å²) >= 11 is 3.21. The summed E-state index contributed by atoms with van der Waals surface area (Å²) in [5.41, 5.74) is 0.0970. The van der Waals surface area contributed by atoms with Gasteiger partial charge in [-0.15, -0.1) is 5.10 Å². The summed E-state index contributed by atoms with van der Waals surface area (Å²) in [6.45, 7) is 1.43. The van der Waals surface area contributed by atoms with E-state index in [0.717, 1.165) is 4.68 Å². The minimum atomic E-state index is -1.34. The van der Waals surface area contributed by atoms with Crippen molar-refractivity contribution < 1.29 is 18.7 Å². The summed E-state index contributed by atoms with van der Waals surface area (Å²) in [5.74, 6) is -2.21. The topological polar surface area (TPSA) is 106 Å². The van der Waals surface area contributed by atoms with Crippen LogP contribution in [-0.4, -0.2) is 36.4 Å². The van der Waals surface area contributed by atoms with Gasteiger partial charge in [-0.1, -0.05) is 6.07 Å². The number of benzene rings is 1. The first kappa shape index (κ1) is 16.9. The third-order valence-electron chi connectivity index (χ3n) is 3.27. The molecule has 0 bridgehead atoms. The van der Waals surface area contributed by atoms with E-state index in [9.17, 15) is 13.6 Å². The average molecular weight is 411 g/mol. The molecule has 0 aliphatic heterocycles. The van der Waals surface area contributed by atoms with E-state index in [-0.39, 0.29) is 28.5 Å². The van der Waals surface area contributed by atoms with Gasteiger partial charge in [-0.2, -0.15) is 4.68 Å². The van der Waals surface area contributed by atoms with E-state index in [0.29, 0.717) is 4.47 Å². The van der Waals surface area contributed by atoms with Gasteiger partial charge in [-0.3, -0.25) is 5.32 Å². The van der Waals surface area contributed by atoms with Gasteiger partial charge >= 0.3 is 6.09 Å². The number of hydrogen-bond acceptors (Lipinski definition) is 5. The lowest BCUT2D eigenvalue weighted by Gasteiger charge is -2.10. The Kier molecular flexibility index (Phi) is 4.40. The number of tetrazole rings is 1. The molecular formula is C14H9BrF2N6O2. The van der Waals surface area contributed by atoms with Gasteiger partial charge in [0, 0.05) is 10.7 Å². The molecule has 1 aromatic carbocycles. The van der Waals surface area contributed by atoms with Crippen LogP contribution in [0.2, 0.25) is 0 Å². The fourth-order valence-corrected chi connectivity index (χ4v) is 2.46. The van der Waals surface area contributed by atoms with E-state index < -0.39 is 17.7 Å². The Morgan fingerprint density at radius 2 is 2.08 bits per heavy atom. The van der Waals surface area contributed by atoms with Crippen molar-refractivity contribution in [2.45, 2.75) is 6.92 Å². The third-order valence-corrected chi connectivity index (χ3v) is 3.71. The molecular weight excluding hydrogens is 402 g/mol. The van der Waals surface area contributed by atoms with Gasteiger partial charge in [0.05, 0.1) is 5.56 Å². The van der Waals surface area contributed by atoms with Gasteiger partial charge in [0.1, 0.15) is 11.5 Å². The normalized spacial score (nSPS) is 10.7. The first-order valence-electron chi connectivity index (χ1n) is 6.77. The zero-order valence-electron chi connectivity index (χ0n) is 12.5. The van der Waals surface area contributed by atoms with Crippen LogP contribution in [0.15, 0.2) is 28.9 Å². The molecule has 0 saturated carbocycles. The lowest BCUT2D eigenvalue weighted by molar-refractivity contribution is 0.209. The number of carbonyl (C=O) groups is 1. The van der Waals surface area contributed by atoms with Crippen LogP contribution in [0.25, 0.3) is 17.1 Å². The second-order valence-corrected chi connectivity index (χ2v) is 5.84. The van der Waals surface area contributed by atoms with E-state index in [1.807, 2.05) is 0 Å². The summed E-state index contributed by atoms with van der Waals surface area (Å²) in [4.78, 5) is 14.9. The Labute approximate surface area is 147 Å². The first-order valence-corrected chi connectivity index (χ1v) is 7.57. The first-order chi connectivity index (χ1) is 11.9. The van der Waals surface area contributed by atoms with Crippen LogP contribution in [0.5, 0.6) is 0 Å². The number of nitrogens with zero attached hydrogens (tertiary/aromatic N) is 5. The van der Waals surface area contributed by atoms with Crippen LogP contribution in [-0.2, 0) is 0 Å². The Hall–Kier alpha value is -2.95. The van der Waals surface area contributed by atoms with Crippen molar-refractivity contribution in [1.29, 1.82) is 0 Å². The summed E-state index contributed by atoms with van der Waals surface area (Å²) in [5, 5.41) is 22.0. The zero-order chi connectivity index (χ0) is 18.1. The number of amides is 1. The molecule has 3 aromatic rings. The Morgan fingerprint density at radius 3 is 2.80 bits per heavy atom. The van der Waals surface area contributed by atoms with Crippen LogP contribution in [0, 0.1) is 18.6 Å². The number of nitrogens with one attached hydrogen (secondary N) is 1. The predicted molar refractivity (Wildman–Crippen MR) is 86.4 cm³/mol. The van der Waals surface area contributed by atoms with Gasteiger partial charge in [-0.05, 0) is 51.0 Å². The lowest BCUT2D eigenvalue weighted by atomic mass is 10.2. The molecule has 0 unspecified atom stereocenters. The highest BCUT2D eigenvalue weighted by Crippen LogP contribution is 2.29. The molecule has 11 heteroatoms. The molecule has 128 valence electrons. The molecule has 0 radical (unpaired) electrons. The van der Waals surface area contributed by atoms with Crippen molar-refractivity contribution >= 4 is 27.8 Å². The number of aryl methyl sites for hydroxylation is 1. The van der Waals surface area contributed by atoms with Gasteiger partial charge in [0.25, 0.3) is 0 Å². The van der Waals surface area contributed by atoms with Crippen molar-refractivity contribution in [1.82, 2.24) is 25.2 Å². The van der Waals surface area contributed by atoms with Gasteiger partial charge < -0.3 is 5.11 Å². The Morgan fingerprint density at radius 1 is 1.32 bits per heavy atom. The monoisotopic (exact) mass is 410 g/mol. The number of rotatable bonds is 3. The van der Waals surface area contributed by atoms with E-state index in [4.69, 9.17) is 5.11 Å². The molecule has 25 heavy (non-hydrogen) atoms. The van der Waals surface area contributed by atoms with Crippen molar-refractivity contribution in [3.63, 3.8) is 0 Å². The Balaban J connectivity index is 2.20. The highest BCUT2D eigenvalue weighted by molar-refractivity contribution is 9.10. The molecule has 0 aliphatic carbocycles. The van der Waals surface area contributed by atoms with Crippen LogP contribution in [0.3, 0.4) is 0 Å². The average Bonchev–Trinajstić information content (AvgIpc) is 3.03. The van der Waals surface area contributed by atoms with E-state index >= 15 is 0 Å². The predicted octanol–water partition coefficient (Wildman–Crippen LogP) is 3.16. The summed E-state index contributed by atoms with van der Waals surface area (Å²) < 4.78 is 29.6. The quantitative estimate of drug-likeness (QED) is 0.686. The largest absolute Gasteiger partial charge is 0.465 e. The number of pyridine rings is 1. The molecule has 1 amide bonds. The minimum Gasteiger partial charge on any atom is -0.465 e. The molecule has 8 nitrogen and oxygen atoms in total. The molecule has 0 atom stereocenters. The molecule has 0 fully saturated rings. The number of carboxylic acid groups (broad SMARTS) is 1. The number of hydrogen-bond donors (Lipinski definition) is 2. The van der Waals surface area contributed by atoms with Gasteiger partial charge in [0.2, 0.25) is 0 Å². The molecule has 0 aliphatic rings. The van der Waals surface area contributed by atoms with Crippen LogP contribution in [0.4, 0.5) is 19.4 Å². The standard InChI is InChI=1S/C14H9BrF2N6O2/c1-6-2-3-9(11(17)10(6)16)23-13(20-21-22-23)8-4-7(15)5-18-12(8)19-14(24)25/h2-5H,1H3,(H,18,19)(H,24,25). The Bertz CT molecular complexity index is 978. The van der Waals surface area contributed by atoms with Crippen molar-refractivity contribution in [2.24, 2.45) is 0 Å². The third kappa shape index (κ3) is 3.18. The SMILES string of the molecule is Cc1ccc(-n2nnnc2-c2cc(Br)cnc2NC(=O)O)c(F)c1F. The highest BCUT2D eigenvalue weighted by Gasteiger charge is 2.21. The summed E-state index contributed by atoms with van der Waals surface area (Å²) in [7, 11) is 0. The second-order valence-electron chi connectivity index (χ2n) is 4.92. The zero-order valence-corrected chi connectivity index (χ0v) is 14.1. The second kappa shape index (κ2) is 6.51. The van der Waals surface area contributed by atoms with Crippen molar-refractivity contribution in [3.05, 3.63) is 46.1 Å². The summed E-state index contributed by atoms with van der Waals surface area (Å²) in [6.07, 6.45) is 0.0253. The number of aromatic nitrogens is 5. The molecule has 0 saturated heterocycles. The van der Waals surface area contributed by atoms with Gasteiger partial charge in [0.15, 0.2) is 17.5 Å². The number of anilines is 1. The maximum absolute atomic E-state index is 14.3. The lowest BCUT2D eigenvalue weighted by Crippen LogP contribution is -2.11. The fourth-order valence-electron chi connectivity index (χ4n) is 2.13. The molecule has 2 heterocycles. The molecule has 2 N–H and O–H groups in total.